The molecule has 3 rings (SSSR count). The molecule has 0 aliphatic carbocycles. The number of fused-ring (bicyclic) bond motifs is 1. The Labute approximate surface area is 112 Å². The lowest BCUT2D eigenvalue weighted by Gasteiger charge is -2.27. The third kappa shape index (κ3) is 2.25. The van der Waals surface area contributed by atoms with Crippen LogP contribution in [0.15, 0.2) is 48.5 Å². The Morgan fingerprint density at radius 1 is 1.11 bits per heavy atom. The number of hydrogen-bond acceptors (Lipinski definition) is 3. The molecule has 19 heavy (non-hydrogen) atoms. The van der Waals surface area contributed by atoms with Gasteiger partial charge in [0.2, 0.25) is 0 Å². The summed E-state index contributed by atoms with van der Waals surface area (Å²) in [4.78, 5) is 0. The second-order valence-corrected chi connectivity index (χ2v) is 4.53. The van der Waals surface area contributed by atoms with Gasteiger partial charge in [-0.25, -0.2) is 0 Å². The summed E-state index contributed by atoms with van der Waals surface area (Å²) in [5, 5.41) is 12.6. The van der Waals surface area contributed by atoms with Crippen LogP contribution in [-0.2, 0) is 0 Å². The molecule has 1 aliphatic rings. The molecule has 0 saturated heterocycles. The van der Waals surface area contributed by atoms with E-state index in [0.717, 1.165) is 23.4 Å². The lowest BCUT2D eigenvalue weighted by atomic mass is 10.00. The lowest BCUT2D eigenvalue weighted by Crippen LogP contribution is -2.20. The highest BCUT2D eigenvalue weighted by atomic mass is 16.5. The molecular weight excluding hydrogens is 236 g/mol. The molecule has 3 heteroatoms. The first-order valence-electron chi connectivity index (χ1n) is 6.36. The summed E-state index contributed by atoms with van der Waals surface area (Å²) in [6, 6.07) is 18.0. The van der Waals surface area contributed by atoms with Crippen molar-refractivity contribution in [1.29, 1.82) is 5.26 Å². The van der Waals surface area contributed by atoms with E-state index in [-0.39, 0.29) is 6.04 Å². The fourth-order valence-corrected chi connectivity index (χ4v) is 2.39. The number of nitrogens with zero attached hydrogens (tertiary/aromatic N) is 1. The maximum Gasteiger partial charge on any atom is 0.124 e. The molecule has 1 N–H and O–H groups in total. The van der Waals surface area contributed by atoms with Crippen LogP contribution >= 0.6 is 0 Å². The minimum Gasteiger partial charge on any atom is -0.493 e. The van der Waals surface area contributed by atoms with Gasteiger partial charge in [-0.1, -0.05) is 30.3 Å². The number of nitrogens with one attached hydrogen (secondary N) is 1. The first kappa shape index (κ1) is 11.6. The Kier molecular flexibility index (Phi) is 3.07. The number of nitriles is 1. The van der Waals surface area contributed by atoms with Gasteiger partial charge in [-0.05, 0) is 18.2 Å². The normalized spacial score (nSPS) is 16.9. The second kappa shape index (κ2) is 5.03. The summed E-state index contributed by atoms with van der Waals surface area (Å²) < 4.78 is 5.64. The Hall–Kier alpha value is -2.47. The zero-order valence-corrected chi connectivity index (χ0v) is 10.5. The van der Waals surface area contributed by atoms with Crippen LogP contribution in [0.3, 0.4) is 0 Å². The van der Waals surface area contributed by atoms with Crippen molar-refractivity contribution in [2.75, 3.05) is 11.9 Å². The third-order valence-electron chi connectivity index (χ3n) is 3.34. The summed E-state index contributed by atoms with van der Waals surface area (Å²) in [7, 11) is 0. The van der Waals surface area contributed by atoms with E-state index in [9.17, 15) is 0 Å². The molecule has 1 heterocycles. The summed E-state index contributed by atoms with van der Waals surface area (Å²) in [5.74, 6) is 0.931. The van der Waals surface area contributed by atoms with Crippen molar-refractivity contribution in [3.05, 3.63) is 59.7 Å². The standard InChI is InChI=1S/C16H14N2O/c17-11-12-5-1-3-7-14(12)18-15-9-10-19-16-8-4-2-6-13(15)16/h1-8,15,18H,9-10H2. The van der Waals surface area contributed by atoms with Crippen molar-refractivity contribution in [2.24, 2.45) is 0 Å². The minimum absolute atomic E-state index is 0.194. The van der Waals surface area contributed by atoms with Gasteiger partial charge in [-0.15, -0.1) is 0 Å². The number of hydrogen-bond donors (Lipinski definition) is 1. The highest BCUT2D eigenvalue weighted by Gasteiger charge is 2.21. The Bertz CT molecular complexity index is 631. The fraction of sp³-hybridized carbons (Fsp3) is 0.188. The van der Waals surface area contributed by atoms with Gasteiger partial charge in [0.1, 0.15) is 11.8 Å². The maximum absolute atomic E-state index is 9.13. The average molecular weight is 250 g/mol. The molecule has 0 spiro atoms. The molecule has 0 fully saturated rings. The molecule has 2 aromatic rings. The molecule has 3 nitrogen and oxygen atoms in total. The highest BCUT2D eigenvalue weighted by molar-refractivity contribution is 5.59. The fourth-order valence-electron chi connectivity index (χ4n) is 2.39. The molecule has 0 amide bonds. The Balaban J connectivity index is 1.91. The van der Waals surface area contributed by atoms with Crippen molar-refractivity contribution in [2.45, 2.75) is 12.5 Å². The van der Waals surface area contributed by atoms with Crippen LogP contribution < -0.4 is 10.1 Å². The van der Waals surface area contributed by atoms with Gasteiger partial charge < -0.3 is 10.1 Å². The lowest BCUT2D eigenvalue weighted by molar-refractivity contribution is 0.274. The van der Waals surface area contributed by atoms with E-state index in [1.807, 2.05) is 42.5 Å². The van der Waals surface area contributed by atoms with E-state index in [2.05, 4.69) is 17.5 Å². The van der Waals surface area contributed by atoms with Gasteiger partial charge in [0.25, 0.3) is 0 Å². The van der Waals surface area contributed by atoms with Crippen molar-refractivity contribution < 1.29 is 4.74 Å². The summed E-state index contributed by atoms with van der Waals surface area (Å²) >= 11 is 0. The zero-order valence-electron chi connectivity index (χ0n) is 10.5. The van der Waals surface area contributed by atoms with Gasteiger partial charge in [0, 0.05) is 12.0 Å². The Morgan fingerprint density at radius 3 is 2.79 bits per heavy atom. The molecule has 1 aliphatic heterocycles. The SMILES string of the molecule is N#Cc1ccccc1NC1CCOc2ccccc21. The zero-order chi connectivity index (χ0) is 13.1. The summed E-state index contributed by atoms with van der Waals surface area (Å²) in [6.07, 6.45) is 0.900. The first-order chi connectivity index (χ1) is 9.38. The van der Waals surface area contributed by atoms with E-state index < -0.39 is 0 Å². The van der Waals surface area contributed by atoms with Crippen molar-refractivity contribution in [3.8, 4) is 11.8 Å². The van der Waals surface area contributed by atoms with Crippen molar-refractivity contribution in [1.82, 2.24) is 0 Å². The van der Waals surface area contributed by atoms with E-state index >= 15 is 0 Å². The number of rotatable bonds is 2. The summed E-state index contributed by atoms with van der Waals surface area (Å²) in [5.41, 5.74) is 2.71. The predicted octanol–water partition coefficient (Wildman–Crippen LogP) is 3.49. The predicted molar refractivity (Wildman–Crippen MR) is 74.1 cm³/mol. The molecule has 0 saturated carbocycles. The molecule has 0 radical (unpaired) electrons. The van der Waals surface area contributed by atoms with Gasteiger partial charge >= 0.3 is 0 Å². The smallest absolute Gasteiger partial charge is 0.124 e. The number of ether oxygens (including phenoxy) is 1. The second-order valence-electron chi connectivity index (χ2n) is 4.53. The molecule has 1 atom stereocenters. The average Bonchev–Trinajstić information content (AvgIpc) is 2.48. The van der Waals surface area contributed by atoms with Gasteiger partial charge in [0.15, 0.2) is 0 Å². The van der Waals surface area contributed by atoms with Crippen LogP contribution in [0.1, 0.15) is 23.6 Å². The summed E-state index contributed by atoms with van der Waals surface area (Å²) in [6.45, 7) is 0.698. The van der Waals surface area contributed by atoms with Crippen molar-refractivity contribution in [3.63, 3.8) is 0 Å². The van der Waals surface area contributed by atoms with Crippen molar-refractivity contribution >= 4 is 5.69 Å². The van der Waals surface area contributed by atoms with Crippen LogP contribution in [0.4, 0.5) is 5.69 Å². The highest BCUT2D eigenvalue weighted by Crippen LogP contribution is 2.34. The molecule has 94 valence electrons. The van der Waals surface area contributed by atoms with Crippen LogP contribution in [0.5, 0.6) is 5.75 Å². The van der Waals surface area contributed by atoms with Gasteiger partial charge in [-0.2, -0.15) is 5.26 Å². The van der Waals surface area contributed by atoms with E-state index in [1.54, 1.807) is 0 Å². The molecule has 1 unspecified atom stereocenters. The van der Waals surface area contributed by atoms with E-state index in [0.29, 0.717) is 12.2 Å². The minimum atomic E-state index is 0.194. The largest absolute Gasteiger partial charge is 0.493 e. The van der Waals surface area contributed by atoms with E-state index in [1.165, 1.54) is 0 Å². The van der Waals surface area contributed by atoms with Crippen LogP contribution in [0, 0.1) is 11.3 Å². The quantitative estimate of drug-likeness (QED) is 0.887. The Morgan fingerprint density at radius 2 is 1.89 bits per heavy atom. The molecule has 2 aromatic carbocycles. The van der Waals surface area contributed by atoms with Crippen LogP contribution in [0.2, 0.25) is 0 Å². The number of benzene rings is 2. The third-order valence-corrected chi connectivity index (χ3v) is 3.34. The van der Waals surface area contributed by atoms with Crippen LogP contribution in [-0.4, -0.2) is 6.61 Å². The van der Waals surface area contributed by atoms with E-state index in [4.69, 9.17) is 10.00 Å². The molecule has 0 aromatic heterocycles. The topological polar surface area (TPSA) is 45.0 Å². The number of para-hydroxylation sites is 2. The monoisotopic (exact) mass is 250 g/mol. The first-order valence-corrected chi connectivity index (χ1v) is 6.36. The molecule has 0 bridgehead atoms. The number of anilines is 1. The van der Waals surface area contributed by atoms with Gasteiger partial charge in [-0.3, -0.25) is 0 Å². The molecular formula is C16H14N2O. The van der Waals surface area contributed by atoms with Gasteiger partial charge in [0.05, 0.1) is 23.9 Å². The maximum atomic E-state index is 9.13. The van der Waals surface area contributed by atoms with Crippen LogP contribution in [0.25, 0.3) is 0 Å².